The van der Waals surface area contributed by atoms with Crippen LogP contribution < -0.4 is 0 Å². The van der Waals surface area contributed by atoms with Gasteiger partial charge in [-0.2, -0.15) is 0 Å². The third-order valence-electron chi connectivity index (χ3n) is 3.10. The summed E-state index contributed by atoms with van der Waals surface area (Å²) < 4.78 is 10.0. The van der Waals surface area contributed by atoms with Gasteiger partial charge < -0.3 is 14.4 Å². The Balaban J connectivity index is 1.99. The van der Waals surface area contributed by atoms with E-state index in [-0.39, 0.29) is 30.7 Å². The zero-order chi connectivity index (χ0) is 15.2. The Morgan fingerprint density at radius 1 is 1.38 bits per heavy atom. The highest BCUT2D eigenvalue weighted by Crippen LogP contribution is 2.28. The van der Waals surface area contributed by atoms with Gasteiger partial charge in [0.2, 0.25) is 11.8 Å². The largest absolute Gasteiger partial charge is 0.463 e. The quantitative estimate of drug-likeness (QED) is 0.529. The standard InChI is InChI=1S/C13H18N2O5S/c1-2-20-13(18)7-12-15(11(17)9-21-12)8-10(16)14-3-5-19-6-4-14/h7H,2-6,8-9H2,1H3/b12-7+. The molecule has 0 aromatic carbocycles. The molecule has 2 saturated heterocycles. The number of amides is 2. The molecule has 2 amide bonds. The zero-order valence-corrected chi connectivity index (χ0v) is 12.7. The first kappa shape index (κ1) is 15.8. The maximum atomic E-state index is 12.2. The molecule has 0 radical (unpaired) electrons. The molecule has 0 aromatic heterocycles. The van der Waals surface area contributed by atoms with Crippen molar-refractivity contribution in [2.24, 2.45) is 0 Å². The molecular formula is C13H18N2O5S. The summed E-state index contributed by atoms with van der Waals surface area (Å²) in [5.74, 6) is -0.568. The maximum Gasteiger partial charge on any atom is 0.333 e. The Hall–Kier alpha value is -1.54. The first-order chi connectivity index (χ1) is 10.1. The van der Waals surface area contributed by atoms with Gasteiger partial charge in [0.25, 0.3) is 0 Å². The van der Waals surface area contributed by atoms with E-state index in [1.54, 1.807) is 11.8 Å². The maximum absolute atomic E-state index is 12.2. The van der Waals surface area contributed by atoms with E-state index in [1.807, 2.05) is 0 Å². The highest BCUT2D eigenvalue weighted by molar-refractivity contribution is 8.04. The first-order valence-electron chi connectivity index (χ1n) is 6.79. The van der Waals surface area contributed by atoms with E-state index in [0.717, 1.165) is 0 Å². The van der Waals surface area contributed by atoms with Gasteiger partial charge in [-0.25, -0.2) is 4.79 Å². The van der Waals surface area contributed by atoms with E-state index in [4.69, 9.17) is 9.47 Å². The topological polar surface area (TPSA) is 76.2 Å². The molecule has 0 unspecified atom stereocenters. The number of esters is 1. The minimum atomic E-state index is -0.501. The summed E-state index contributed by atoms with van der Waals surface area (Å²) in [6.07, 6.45) is 1.27. The smallest absolute Gasteiger partial charge is 0.333 e. The average Bonchev–Trinajstić information content (AvgIpc) is 2.81. The van der Waals surface area contributed by atoms with Crippen molar-refractivity contribution in [3.63, 3.8) is 0 Å². The second-order valence-electron chi connectivity index (χ2n) is 4.50. The van der Waals surface area contributed by atoms with Crippen LogP contribution in [-0.2, 0) is 23.9 Å². The molecule has 116 valence electrons. The Kier molecular flexibility index (Phi) is 5.63. The Bertz CT molecular complexity index is 459. The molecule has 2 rings (SSSR count). The molecule has 8 heteroatoms. The van der Waals surface area contributed by atoms with Gasteiger partial charge in [0, 0.05) is 13.1 Å². The van der Waals surface area contributed by atoms with Crippen molar-refractivity contribution in [1.82, 2.24) is 9.80 Å². The fourth-order valence-corrected chi connectivity index (χ4v) is 2.96. The Morgan fingerprint density at radius 2 is 2.10 bits per heavy atom. The van der Waals surface area contributed by atoms with Crippen molar-refractivity contribution in [3.05, 3.63) is 11.1 Å². The van der Waals surface area contributed by atoms with Crippen molar-refractivity contribution in [1.29, 1.82) is 0 Å². The van der Waals surface area contributed by atoms with Crippen LogP contribution in [0.5, 0.6) is 0 Å². The van der Waals surface area contributed by atoms with E-state index < -0.39 is 5.97 Å². The number of carbonyl (C=O) groups is 3. The molecular weight excluding hydrogens is 296 g/mol. The number of ether oxygens (including phenoxy) is 2. The van der Waals surface area contributed by atoms with Gasteiger partial charge in [-0.3, -0.25) is 14.5 Å². The minimum absolute atomic E-state index is 0.0446. The molecule has 21 heavy (non-hydrogen) atoms. The van der Waals surface area contributed by atoms with Crippen LogP contribution in [0.1, 0.15) is 6.92 Å². The lowest BCUT2D eigenvalue weighted by atomic mass is 10.3. The number of thioether (sulfide) groups is 1. The molecule has 7 nitrogen and oxygen atoms in total. The minimum Gasteiger partial charge on any atom is -0.463 e. The Morgan fingerprint density at radius 3 is 2.76 bits per heavy atom. The van der Waals surface area contributed by atoms with Crippen LogP contribution in [0.3, 0.4) is 0 Å². The zero-order valence-electron chi connectivity index (χ0n) is 11.9. The molecule has 0 spiro atoms. The molecule has 0 saturated carbocycles. The number of rotatable bonds is 4. The lowest BCUT2D eigenvalue weighted by Crippen LogP contribution is -2.45. The van der Waals surface area contributed by atoms with Crippen LogP contribution in [0.4, 0.5) is 0 Å². The van der Waals surface area contributed by atoms with Crippen LogP contribution in [-0.4, -0.2) is 72.8 Å². The van der Waals surface area contributed by atoms with E-state index in [9.17, 15) is 14.4 Å². The van der Waals surface area contributed by atoms with Gasteiger partial charge in [0.1, 0.15) is 6.54 Å². The second kappa shape index (κ2) is 7.46. The lowest BCUT2D eigenvalue weighted by molar-refractivity contribution is -0.140. The molecule has 2 fully saturated rings. The summed E-state index contributed by atoms with van der Waals surface area (Å²) in [6.45, 7) is 4.03. The van der Waals surface area contributed by atoms with Gasteiger partial charge in [-0.1, -0.05) is 11.8 Å². The number of hydrogen-bond donors (Lipinski definition) is 0. The molecule has 2 aliphatic heterocycles. The van der Waals surface area contributed by atoms with E-state index in [0.29, 0.717) is 31.3 Å². The molecule has 2 aliphatic rings. The summed E-state index contributed by atoms with van der Waals surface area (Å²) in [7, 11) is 0. The Labute approximate surface area is 127 Å². The number of morpholine rings is 1. The fourth-order valence-electron chi connectivity index (χ4n) is 2.03. The van der Waals surface area contributed by atoms with Crippen LogP contribution >= 0.6 is 11.8 Å². The van der Waals surface area contributed by atoms with Gasteiger partial charge in [-0.05, 0) is 6.92 Å². The third-order valence-corrected chi connectivity index (χ3v) is 4.12. The van der Waals surface area contributed by atoms with Gasteiger partial charge in [0.05, 0.1) is 36.7 Å². The summed E-state index contributed by atoms with van der Waals surface area (Å²) in [4.78, 5) is 38.5. The van der Waals surface area contributed by atoms with Crippen molar-refractivity contribution in [2.75, 3.05) is 45.2 Å². The highest BCUT2D eigenvalue weighted by atomic mass is 32.2. The monoisotopic (exact) mass is 314 g/mol. The number of nitrogens with zero attached hydrogens (tertiary/aromatic N) is 2. The molecule has 0 aromatic rings. The van der Waals surface area contributed by atoms with Crippen LogP contribution in [0.2, 0.25) is 0 Å². The van der Waals surface area contributed by atoms with Crippen molar-refractivity contribution in [2.45, 2.75) is 6.92 Å². The van der Waals surface area contributed by atoms with E-state index in [2.05, 4.69) is 0 Å². The molecule has 2 heterocycles. The van der Waals surface area contributed by atoms with Crippen molar-refractivity contribution < 1.29 is 23.9 Å². The summed E-state index contributed by atoms with van der Waals surface area (Å²) in [6, 6.07) is 0. The van der Waals surface area contributed by atoms with Crippen molar-refractivity contribution in [3.8, 4) is 0 Å². The number of hydrogen-bond acceptors (Lipinski definition) is 6. The highest BCUT2D eigenvalue weighted by Gasteiger charge is 2.31. The van der Waals surface area contributed by atoms with E-state index in [1.165, 1.54) is 22.7 Å². The van der Waals surface area contributed by atoms with Gasteiger partial charge >= 0.3 is 5.97 Å². The predicted molar refractivity (Wildman–Crippen MR) is 76.3 cm³/mol. The molecule has 0 aliphatic carbocycles. The lowest BCUT2D eigenvalue weighted by Gasteiger charge is -2.28. The fraction of sp³-hybridized carbons (Fsp3) is 0.615. The molecule has 0 bridgehead atoms. The predicted octanol–water partition coefficient (Wildman–Crippen LogP) is -0.175. The summed E-state index contributed by atoms with van der Waals surface area (Å²) >= 11 is 1.24. The molecule has 0 N–H and O–H groups in total. The van der Waals surface area contributed by atoms with Crippen LogP contribution in [0, 0.1) is 0 Å². The third kappa shape index (κ3) is 4.21. The first-order valence-corrected chi connectivity index (χ1v) is 7.77. The normalized spacial score (nSPS) is 21.0. The number of carbonyl (C=O) groups excluding carboxylic acids is 3. The second-order valence-corrected chi connectivity index (χ2v) is 5.49. The SMILES string of the molecule is CCOC(=O)/C=C1/SCC(=O)N1CC(=O)N1CCOCC1. The van der Waals surface area contributed by atoms with Crippen LogP contribution in [0.25, 0.3) is 0 Å². The van der Waals surface area contributed by atoms with Crippen LogP contribution in [0.15, 0.2) is 11.1 Å². The van der Waals surface area contributed by atoms with E-state index >= 15 is 0 Å². The van der Waals surface area contributed by atoms with Crippen molar-refractivity contribution >= 4 is 29.5 Å². The summed E-state index contributed by atoms with van der Waals surface area (Å²) in [5.41, 5.74) is 0. The van der Waals surface area contributed by atoms with Gasteiger partial charge in [-0.15, -0.1) is 0 Å². The average molecular weight is 314 g/mol. The molecule has 0 atom stereocenters. The summed E-state index contributed by atoms with van der Waals surface area (Å²) in [5, 5.41) is 0.472. The van der Waals surface area contributed by atoms with Gasteiger partial charge in [0.15, 0.2) is 0 Å².